The van der Waals surface area contributed by atoms with Crippen LogP contribution in [-0.4, -0.2) is 44.4 Å². The first kappa shape index (κ1) is 21.4. The van der Waals surface area contributed by atoms with Crippen LogP contribution in [0.25, 0.3) is 28.1 Å². The number of halogens is 1. The second-order valence-corrected chi connectivity index (χ2v) is 12.8. The molecule has 1 aliphatic rings. The van der Waals surface area contributed by atoms with Crippen LogP contribution < -0.4 is 10.2 Å². The Labute approximate surface area is 202 Å². The van der Waals surface area contributed by atoms with Gasteiger partial charge in [-0.3, -0.25) is 0 Å². The summed E-state index contributed by atoms with van der Waals surface area (Å²) < 4.78 is 14.3. The Morgan fingerprint density at radius 3 is 2.82 bits per heavy atom. The highest BCUT2D eigenvalue weighted by atomic mass is 35.5. The van der Waals surface area contributed by atoms with Crippen LogP contribution in [0.5, 0.6) is 0 Å². The van der Waals surface area contributed by atoms with Crippen LogP contribution in [0.15, 0.2) is 60.9 Å². The van der Waals surface area contributed by atoms with Gasteiger partial charge in [0.25, 0.3) is 0 Å². The molecule has 4 heterocycles. The van der Waals surface area contributed by atoms with Crippen LogP contribution in [0.2, 0.25) is 5.02 Å². The smallest absolute Gasteiger partial charge is 0.168 e. The summed E-state index contributed by atoms with van der Waals surface area (Å²) in [5.41, 5.74) is 4.45. The fraction of sp³-hybridized carbons (Fsp3) is 0.240. The third-order valence-electron chi connectivity index (χ3n) is 6.48. The molecule has 5 aromatic rings. The molecule has 0 radical (unpaired) electrons. The third kappa shape index (κ3) is 3.69. The van der Waals surface area contributed by atoms with Crippen LogP contribution >= 0.6 is 18.7 Å². The topological polar surface area (TPSA) is 79.2 Å². The van der Waals surface area contributed by atoms with Gasteiger partial charge in [0.2, 0.25) is 0 Å². The quantitative estimate of drug-likeness (QED) is 0.336. The second kappa shape index (κ2) is 7.97. The highest BCUT2D eigenvalue weighted by Gasteiger charge is 2.28. The summed E-state index contributed by atoms with van der Waals surface area (Å²) in [6.07, 6.45) is 5.89. The second-order valence-electron chi connectivity index (χ2n) is 9.16. The maximum atomic E-state index is 12.5. The van der Waals surface area contributed by atoms with Crippen molar-refractivity contribution < 1.29 is 4.57 Å². The van der Waals surface area contributed by atoms with E-state index in [2.05, 4.69) is 21.0 Å². The Morgan fingerprint density at radius 2 is 2.00 bits per heavy atom. The van der Waals surface area contributed by atoms with Gasteiger partial charge in [-0.2, -0.15) is 5.10 Å². The van der Waals surface area contributed by atoms with E-state index in [4.69, 9.17) is 21.6 Å². The average Bonchev–Trinajstić information content (AvgIpc) is 3.54. The number of nitrogens with zero attached hydrogens (tertiary/aromatic N) is 5. The van der Waals surface area contributed by atoms with E-state index in [1.165, 1.54) is 5.56 Å². The minimum Gasteiger partial charge on any atom is -0.349 e. The summed E-state index contributed by atoms with van der Waals surface area (Å²) in [5, 5.41) is 6.07. The zero-order chi connectivity index (χ0) is 23.4. The molecule has 2 aromatic carbocycles. The van der Waals surface area contributed by atoms with Crippen molar-refractivity contribution in [2.75, 3.05) is 24.8 Å². The van der Waals surface area contributed by atoms with Crippen molar-refractivity contribution in [2.24, 2.45) is 0 Å². The molecule has 6 rings (SSSR count). The van der Waals surface area contributed by atoms with Gasteiger partial charge in [0.05, 0.1) is 28.8 Å². The van der Waals surface area contributed by atoms with Crippen LogP contribution in [-0.2, 0) is 4.57 Å². The van der Waals surface area contributed by atoms with Crippen molar-refractivity contribution in [3.8, 4) is 11.4 Å². The summed E-state index contributed by atoms with van der Waals surface area (Å²) in [6, 6.07) is 16.1. The summed E-state index contributed by atoms with van der Waals surface area (Å²) in [4.78, 5) is 15.5. The molecule has 0 unspecified atom stereocenters. The van der Waals surface area contributed by atoms with Crippen LogP contribution in [0.3, 0.4) is 0 Å². The largest absolute Gasteiger partial charge is 0.349 e. The molecule has 34 heavy (non-hydrogen) atoms. The fourth-order valence-electron chi connectivity index (χ4n) is 4.75. The van der Waals surface area contributed by atoms with Gasteiger partial charge in [0.15, 0.2) is 5.65 Å². The molecule has 3 aromatic heterocycles. The lowest BCUT2D eigenvalue weighted by atomic mass is 10.0. The predicted octanol–water partition coefficient (Wildman–Crippen LogP) is 5.52. The average molecular weight is 491 g/mol. The summed E-state index contributed by atoms with van der Waals surface area (Å²) in [7, 11) is -2.36. The fourth-order valence-corrected chi connectivity index (χ4v) is 5.82. The molecule has 1 saturated heterocycles. The number of rotatable bonds is 4. The normalized spacial score (nSPS) is 16.7. The zero-order valence-corrected chi connectivity index (χ0v) is 20.6. The van der Waals surface area contributed by atoms with Crippen molar-refractivity contribution in [1.82, 2.24) is 24.6 Å². The van der Waals surface area contributed by atoms with Gasteiger partial charge >= 0.3 is 0 Å². The van der Waals surface area contributed by atoms with Gasteiger partial charge in [0.1, 0.15) is 18.8 Å². The Bertz CT molecular complexity index is 1590. The van der Waals surface area contributed by atoms with Gasteiger partial charge in [0, 0.05) is 23.1 Å². The highest BCUT2D eigenvalue weighted by Crippen LogP contribution is 2.37. The number of H-pyrrole nitrogens is 1. The van der Waals surface area contributed by atoms with Crippen molar-refractivity contribution in [3.63, 3.8) is 0 Å². The Kier molecular flexibility index (Phi) is 5.01. The maximum Gasteiger partial charge on any atom is 0.168 e. The number of nitrogens with one attached hydrogen (secondary N) is 1. The SMILES string of the molecule is CP(C)(=O)c1ccc2nc(-c3cnn4ccc(N5CCC[C@@H]5c5cccc(Cl)c5)nc34)[nH]c2c1. The molecule has 0 saturated carbocycles. The van der Waals surface area contributed by atoms with Crippen LogP contribution in [0.1, 0.15) is 24.4 Å². The summed E-state index contributed by atoms with van der Waals surface area (Å²) in [6.45, 7) is 4.49. The van der Waals surface area contributed by atoms with E-state index < -0.39 is 7.14 Å². The highest BCUT2D eigenvalue weighted by molar-refractivity contribution is 7.70. The van der Waals surface area contributed by atoms with E-state index in [9.17, 15) is 4.57 Å². The zero-order valence-electron chi connectivity index (χ0n) is 18.9. The third-order valence-corrected chi connectivity index (χ3v) is 8.23. The number of hydrogen-bond donors (Lipinski definition) is 1. The van der Waals surface area contributed by atoms with E-state index in [0.717, 1.165) is 57.8 Å². The molecule has 172 valence electrons. The van der Waals surface area contributed by atoms with E-state index in [1.54, 1.807) is 24.0 Å². The molecular weight excluding hydrogens is 467 g/mol. The van der Waals surface area contributed by atoms with Crippen molar-refractivity contribution in [3.05, 3.63) is 71.5 Å². The number of anilines is 1. The van der Waals surface area contributed by atoms with E-state index >= 15 is 0 Å². The monoisotopic (exact) mass is 490 g/mol. The lowest BCUT2D eigenvalue weighted by molar-refractivity contribution is 0.588. The number of benzene rings is 2. The van der Waals surface area contributed by atoms with E-state index in [0.29, 0.717) is 5.82 Å². The lowest BCUT2D eigenvalue weighted by Gasteiger charge is -2.26. The van der Waals surface area contributed by atoms with Gasteiger partial charge < -0.3 is 14.4 Å². The van der Waals surface area contributed by atoms with E-state index in [1.807, 2.05) is 48.7 Å². The van der Waals surface area contributed by atoms with E-state index in [-0.39, 0.29) is 6.04 Å². The molecule has 7 nitrogen and oxygen atoms in total. The maximum absolute atomic E-state index is 12.5. The molecule has 1 fully saturated rings. The van der Waals surface area contributed by atoms with Gasteiger partial charge in [-0.1, -0.05) is 23.7 Å². The molecule has 1 aliphatic heterocycles. The molecule has 1 N–H and O–H groups in total. The van der Waals surface area contributed by atoms with Crippen molar-refractivity contribution in [1.29, 1.82) is 0 Å². The minimum atomic E-state index is -2.36. The number of imidazole rings is 1. The molecule has 0 amide bonds. The van der Waals surface area contributed by atoms with Gasteiger partial charge in [-0.05, 0) is 68.1 Å². The number of hydrogen-bond acceptors (Lipinski definition) is 5. The van der Waals surface area contributed by atoms with Gasteiger partial charge in [-0.15, -0.1) is 0 Å². The molecule has 1 atom stereocenters. The van der Waals surface area contributed by atoms with Crippen molar-refractivity contribution in [2.45, 2.75) is 18.9 Å². The minimum absolute atomic E-state index is 0.239. The first-order valence-electron chi connectivity index (χ1n) is 11.3. The molecule has 0 spiro atoms. The molecule has 0 aliphatic carbocycles. The first-order valence-corrected chi connectivity index (χ1v) is 14.3. The summed E-state index contributed by atoms with van der Waals surface area (Å²) in [5.74, 6) is 1.61. The first-order chi connectivity index (χ1) is 16.4. The Morgan fingerprint density at radius 1 is 1.12 bits per heavy atom. The number of aromatic amines is 1. The Balaban J connectivity index is 1.41. The summed E-state index contributed by atoms with van der Waals surface area (Å²) >= 11 is 6.27. The molecular formula is C25H24ClN6OP. The van der Waals surface area contributed by atoms with Crippen molar-refractivity contribution >= 4 is 46.5 Å². The number of fused-ring (bicyclic) bond motifs is 2. The van der Waals surface area contributed by atoms with Crippen LogP contribution in [0.4, 0.5) is 5.82 Å². The number of aromatic nitrogens is 5. The molecule has 9 heteroatoms. The Hall–Kier alpha value is -3.15. The standard InChI is InChI=1S/C25H24ClN6OP/c1-34(2,33)18-8-9-20-21(14-18)29-24(28-20)19-15-27-32-12-10-23(30-25(19)32)31-11-4-7-22(31)16-5-3-6-17(26)13-16/h3,5-6,8-10,12-15,22H,4,7,11H2,1-2H3,(H,28,29)/t22-/m1/s1. The molecule has 0 bridgehead atoms. The lowest BCUT2D eigenvalue weighted by Crippen LogP contribution is -2.23. The van der Waals surface area contributed by atoms with Gasteiger partial charge in [-0.25, -0.2) is 14.5 Å². The predicted molar refractivity (Wildman–Crippen MR) is 138 cm³/mol. The van der Waals surface area contributed by atoms with Crippen LogP contribution in [0, 0.1) is 0 Å².